The number of anilines is 1. The van der Waals surface area contributed by atoms with Crippen LogP contribution in [0.3, 0.4) is 0 Å². The summed E-state index contributed by atoms with van der Waals surface area (Å²) in [6, 6.07) is 9.79. The molecule has 2 fully saturated rings. The van der Waals surface area contributed by atoms with Crippen LogP contribution in [0.2, 0.25) is 0 Å². The average molecular weight is 355 g/mol. The summed E-state index contributed by atoms with van der Waals surface area (Å²) in [5.41, 5.74) is 6.94. The van der Waals surface area contributed by atoms with Gasteiger partial charge in [-0.3, -0.25) is 4.79 Å². The van der Waals surface area contributed by atoms with Crippen molar-refractivity contribution < 1.29 is 9.53 Å². The molecule has 0 unspecified atom stereocenters. The molecule has 0 bridgehead atoms. The van der Waals surface area contributed by atoms with Gasteiger partial charge in [0.2, 0.25) is 5.88 Å². The highest BCUT2D eigenvalue weighted by molar-refractivity contribution is 6.00. The Kier molecular flexibility index (Phi) is 4.55. The third-order valence-corrected chi connectivity index (χ3v) is 5.59. The van der Waals surface area contributed by atoms with Gasteiger partial charge in [-0.05, 0) is 49.9 Å². The number of amides is 1. The summed E-state index contributed by atoms with van der Waals surface area (Å²) in [4.78, 5) is 14.4. The number of piperidine rings is 1. The van der Waals surface area contributed by atoms with Gasteiger partial charge in [-0.1, -0.05) is 18.2 Å². The standard InChI is InChI=1S/C19H25N5O2/c1-26-18-16(17(20)25)19(24(22-18)15-5-3-2-4-6-15)23-9-7-13(8-10-23)14-11-21-12-14/h2-6,13-14,21H,7-12H2,1H3,(H2,20,25). The first-order valence-electron chi connectivity index (χ1n) is 9.17. The first-order chi connectivity index (χ1) is 12.7. The zero-order chi connectivity index (χ0) is 18.1. The number of aromatic nitrogens is 2. The minimum atomic E-state index is -0.510. The van der Waals surface area contributed by atoms with Crippen LogP contribution in [-0.4, -0.2) is 49.0 Å². The molecule has 1 aromatic heterocycles. The Morgan fingerprint density at radius 1 is 1.19 bits per heavy atom. The number of nitrogens with zero attached hydrogens (tertiary/aromatic N) is 3. The second-order valence-corrected chi connectivity index (χ2v) is 7.06. The number of carbonyl (C=O) groups excluding carboxylic acids is 1. The van der Waals surface area contributed by atoms with Gasteiger partial charge in [-0.25, -0.2) is 4.68 Å². The van der Waals surface area contributed by atoms with Gasteiger partial charge in [0, 0.05) is 13.1 Å². The largest absolute Gasteiger partial charge is 0.479 e. The van der Waals surface area contributed by atoms with Crippen molar-refractivity contribution in [3.8, 4) is 11.6 Å². The Bertz CT molecular complexity index is 777. The van der Waals surface area contributed by atoms with E-state index in [0.29, 0.717) is 5.56 Å². The zero-order valence-corrected chi connectivity index (χ0v) is 15.0. The van der Waals surface area contributed by atoms with E-state index in [1.807, 2.05) is 30.3 Å². The molecule has 1 aromatic carbocycles. The molecule has 3 N–H and O–H groups in total. The van der Waals surface area contributed by atoms with Gasteiger partial charge in [-0.15, -0.1) is 5.10 Å². The number of carbonyl (C=O) groups is 1. The first-order valence-corrected chi connectivity index (χ1v) is 9.17. The number of methoxy groups -OCH3 is 1. The van der Waals surface area contributed by atoms with Crippen molar-refractivity contribution >= 4 is 11.7 Å². The summed E-state index contributed by atoms with van der Waals surface area (Å²) in [6.45, 7) is 4.05. The Balaban J connectivity index is 1.69. The highest BCUT2D eigenvalue weighted by Crippen LogP contribution is 2.35. The smallest absolute Gasteiger partial charge is 0.258 e. The van der Waals surface area contributed by atoms with Gasteiger partial charge in [0.1, 0.15) is 11.4 Å². The predicted molar refractivity (Wildman–Crippen MR) is 99.9 cm³/mol. The third kappa shape index (κ3) is 2.92. The van der Waals surface area contributed by atoms with Crippen LogP contribution in [0.1, 0.15) is 23.2 Å². The number of hydrogen-bond acceptors (Lipinski definition) is 5. The normalized spacial score (nSPS) is 18.6. The fraction of sp³-hybridized carbons (Fsp3) is 0.474. The summed E-state index contributed by atoms with van der Waals surface area (Å²) in [6.07, 6.45) is 2.24. The average Bonchev–Trinajstić information content (AvgIpc) is 3.01. The highest BCUT2D eigenvalue weighted by atomic mass is 16.5. The van der Waals surface area contributed by atoms with Crippen LogP contribution >= 0.6 is 0 Å². The maximum absolute atomic E-state index is 12.2. The predicted octanol–water partition coefficient (Wildman–Crippen LogP) is 1.42. The number of benzene rings is 1. The number of rotatable bonds is 5. The Morgan fingerprint density at radius 2 is 1.88 bits per heavy atom. The Morgan fingerprint density at radius 3 is 2.42 bits per heavy atom. The second-order valence-electron chi connectivity index (χ2n) is 7.06. The van der Waals surface area contributed by atoms with Crippen LogP contribution in [0.15, 0.2) is 30.3 Å². The number of para-hydroxylation sites is 1. The number of nitrogens with one attached hydrogen (secondary N) is 1. The minimum Gasteiger partial charge on any atom is -0.479 e. The van der Waals surface area contributed by atoms with Gasteiger partial charge in [0.25, 0.3) is 5.91 Å². The second kappa shape index (κ2) is 6.99. The lowest BCUT2D eigenvalue weighted by atomic mass is 9.81. The molecule has 0 radical (unpaired) electrons. The third-order valence-electron chi connectivity index (χ3n) is 5.59. The molecule has 138 valence electrons. The van der Waals surface area contributed by atoms with Crippen LogP contribution in [0.4, 0.5) is 5.82 Å². The summed E-state index contributed by atoms with van der Waals surface area (Å²) in [5, 5.41) is 7.88. The van der Waals surface area contributed by atoms with E-state index in [0.717, 1.165) is 62.4 Å². The van der Waals surface area contributed by atoms with Gasteiger partial charge in [0.05, 0.1) is 12.8 Å². The van der Waals surface area contributed by atoms with Crippen LogP contribution in [0.5, 0.6) is 5.88 Å². The van der Waals surface area contributed by atoms with Crippen molar-refractivity contribution in [1.29, 1.82) is 0 Å². The minimum absolute atomic E-state index is 0.279. The van der Waals surface area contributed by atoms with Crippen LogP contribution in [0.25, 0.3) is 5.69 Å². The molecular formula is C19H25N5O2. The van der Waals surface area contributed by atoms with Crippen molar-refractivity contribution in [2.75, 3.05) is 38.2 Å². The SMILES string of the molecule is COc1nn(-c2ccccc2)c(N2CCC(C3CNC3)CC2)c1C(N)=O. The molecule has 3 heterocycles. The van der Waals surface area contributed by atoms with E-state index in [1.165, 1.54) is 7.11 Å². The first kappa shape index (κ1) is 16.9. The van der Waals surface area contributed by atoms with Crippen LogP contribution in [0, 0.1) is 11.8 Å². The van der Waals surface area contributed by atoms with Crippen molar-refractivity contribution in [2.45, 2.75) is 12.8 Å². The molecule has 2 saturated heterocycles. The summed E-state index contributed by atoms with van der Waals surface area (Å²) in [5.74, 6) is 2.05. The fourth-order valence-electron chi connectivity index (χ4n) is 4.02. The summed E-state index contributed by atoms with van der Waals surface area (Å²) < 4.78 is 7.14. The topological polar surface area (TPSA) is 85.4 Å². The van der Waals surface area contributed by atoms with E-state index in [1.54, 1.807) is 4.68 Å². The van der Waals surface area contributed by atoms with Crippen molar-refractivity contribution in [3.05, 3.63) is 35.9 Å². The lowest BCUT2D eigenvalue weighted by molar-refractivity contribution is 0.0997. The number of nitrogens with two attached hydrogens (primary N) is 1. The molecular weight excluding hydrogens is 330 g/mol. The molecule has 7 nitrogen and oxygen atoms in total. The summed E-state index contributed by atoms with van der Waals surface area (Å²) in [7, 11) is 1.52. The van der Waals surface area contributed by atoms with E-state index in [2.05, 4.69) is 15.3 Å². The number of ether oxygens (including phenoxy) is 1. The van der Waals surface area contributed by atoms with Crippen LogP contribution in [-0.2, 0) is 0 Å². The molecule has 2 aliphatic rings. The molecule has 2 aliphatic heterocycles. The molecule has 26 heavy (non-hydrogen) atoms. The highest BCUT2D eigenvalue weighted by Gasteiger charge is 2.34. The summed E-state index contributed by atoms with van der Waals surface area (Å²) >= 11 is 0. The van der Waals surface area contributed by atoms with E-state index >= 15 is 0 Å². The zero-order valence-electron chi connectivity index (χ0n) is 15.0. The van der Waals surface area contributed by atoms with E-state index in [9.17, 15) is 4.79 Å². The lowest BCUT2D eigenvalue weighted by Crippen LogP contribution is -2.49. The van der Waals surface area contributed by atoms with Crippen molar-refractivity contribution in [2.24, 2.45) is 17.6 Å². The number of primary amides is 1. The number of hydrogen-bond donors (Lipinski definition) is 2. The molecule has 0 saturated carbocycles. The van der Waals surface area contributed by atoms with E-state index in [-0.39, 0.29) is 5.88 Å². The molecule has 0 aliphatic carbocycles. The monoisotopic (exact) mass is 355 g/mol. The molecule has 7 heteroatoms. The van der Waals surface area contributed by atoms with Gasteiger partial charge < -0.3 is 20.7 Å². The Labute approximate surface area is 153 Å². The molecule has 1 amide bonds. The van der Waals surface area contributed by atoms with E-state index in [4.69, 9.17) is 10.5 Å². The van der Waals surface area contributed by atoms with Crippen molar-refractivity contribution in [1.82, 2.24) is 15.1 Å². The molecule has 0 atom stereocenters. The lowest BCUT2D eigenvalue weighted by Gasteiger charge is -2.41. The molecule has 0 spiro atoms. The van der Waals surface area contributed by atoms with Gasteiger partial charge >= 0.3 is 0 Å². The van der Waals surface area contributed by atoms with Crippen LogP contribution < -0.4 is 20.7 Å². The Hall–Kier alpha value is -2.54. The van der Waals surface area contributed by atoms with Gasteiger partial charge in [0.15, 0.2) is 0 Å². The molecule has 2 aromatic rings. The maximum atomic E-state index is 12.2. The van der Waals surface area contributed by atoms with Gasteiger partial charge in [-0.2, -0.15) is 0 Å². The van der Waals surface area contributed by atoms with E-state index < -0.39 is 5.91 Å². The fourth-order valence-corrected chi connectivity index (χ4v) is 4.02. The quantitative estimate of drug-likeness (QED) is 0.847. The van der Waals surface area contributed by atoms with Crippen molar-refractivity contribution in [3.63, 3.8) is 0 Å². The maximum Gasteiger partial charge on any atom is 0.258 e. The molecule has 4 rings (SSSR count).